The van der Waals surface area contributed by atoms with Crippen LogP contribution in [0.3, 0.4) is 0 Å². The van der Waals surface area contributed by atoms with Gasteiger partial charge >= 0.3 is 6.03 Å². The first-order chi connectivity index (χ1) is 9.06. The van der Waals surface area contributed by atoms with Crippen LogP contribution in [0, 0.1) is 17.8 Å². The molecule has 0 aromatic rings. The summed E-state index contributed by atoms with van der Waals surface area (Å²) in [4.78, 5) is 16.6. The van der Waals surface area contributed by atoms with Gasteiger partial charge in [0.2, 0.25) is 0 Å². The van der Waals surface area contributed by atoms with Gasteiger partial charge in [0.25, 0.3) is 0 Å². The predicted molar refractivity (Wildman–Crippen MR) is 79.1 cm³/mol. The molecule has 0 saturated carbocycles. The summed E-state index contributed by atoms with van der Waals surface area (Å²) in [5, 5.41) is 0. The largest absolute Gasteiger partial charge is 0.325 e. The van der Waals surface area contributed by atoms with Crippen LogP contribution < -0.4 is 0 Å². The van der Waals surface area contributed by atoms with Gasteiger partial charge in [-0.15, -0.1) is 0 Å². The van der Waals surface area contributed by atoms with Gasteiger partial charge in [-0.2, -0.15) is 0 Å². The van der Waals surface area contributed by atoms with E-state index in [-0.39, 0.29) is 0 Å². The van der Waals surface area contributed by atoms with Crippen LogP contribution in [0.25, 0.3) is 0 Å². The van der Waals surface area contributed by atoms with Crippen LogP contribution in [-0.4, -0.2) is 42.0 Å². The van der Waals surface area contributed by atoms with Gasteiger partial charge in [0.15, 0.2) is 0 Å². The minimum absolute atomic E-state index is 0.301. The number of likely N-dealkylation sites (tertiary alicyclic amines) is 2. The number of hydrogen-bond acceptors (Lipinski definition) is 1. The molecular weight excluding hydrogens is 236 g/mol. The average molecular weight is 266 g/mol. The van der Waals surface area contributed by atoms with Gasteiger partial charge in [0.1, 0.15) is 0 Å². The molecule has 0 unspecified atom stereocenters. The molecule has 2 amide bonds. The number of carbonyl (C=O) groups is 1. The van der Waals surface area contributed by atoms with Crippen molar-refractivity contribution in [3.8, 4) is 0 Å². The monoisotopic (exact) mass is 266 g/mol. The number of hydrogen-bond donors (Lipinski definition) is 0. The molecule has 2 saturated heterocycles. The van der Waals surface area contributed by atoms with E-state index in [1.54, 1.807) is 0 Å². The molecule has 110 valence electrons. The Morgan fingerprint density at radius 3 is 1.95 bits per heavy atom. The van der Waals surface area contributed by atoms with Crippen molar-refractivity contribution in [1.82, 2.24) is 9.80 Å². The second kappa shape index (κ2) is 6.62. The van der Waals surface area contributed by atoms with Crippen molar-refractivity contribution >= 4 is 6.03 Å². The van der Waals surface area contributed by atoms with Crippen molar-refractivity contribution in [2.45, 2.75) is 52.9 Å². The van der Waals surface area contributed by atoms with E-state index >= 15 is 0 Å². The average Bonchev–Trinajstić information content (AvgIpc) is 2.39. The highest BCUT2D eigenvalue weighted by Gasteiger charge is 2.28. The normalized spacial score (nSPS) is 23.2. The van der Waals surface area contributed by atoms with E-state index in [1.807, 2.05) is 0 Å². The predicted octanol–water partition coefficient (Wildman–Crippen LogP) is 3.60. The lowest BCUT2D eigenvalue weighted by molar-refractivity contribution is 0.115. The summed E-state index contributed by atoms with van der Waals surface area (Å²) in [5.74, 6) is 2.42. The molecule has 3 heteroatoms. The van der Waals surface area contributed by atoms with Crippen LogP contribution in [-0.2, 0) is 0 Å². The van der Waals surface area contributed by atoms with Gasteiger partial charge in [-0.3, -0.25) is 0 Å². The highest BCUT2D eigenvalue weighted by atomic mass is 16.2. The lowest BCUT2D eigenvalue weighted by Crippen LogP contribution is -2.49. The Balaban J connectivity index is 1.76. The molecule has 0 aromatic heterocycles. The highest BCUT2D eigenvalue weighted by Crippen LogP contribution is 2.25. The third-order valence-electron chi connectivity index (χ3n) is 4.74. The number of amides is 2. The zero-order valence-electron chi connectivity index (χ0n) is 12.9. The van der Waals surface area contributed by atoms with E-state index in [1.165, 1.54) is 32.1 Å². The number of urea groups is 1. The number of rotatable bonds is 2. The summed E-state index contributed by atoms with van der Waals surface area (Å²) >= 11 is 0. The molecule has 2 fully saturated rings. The Hall–Kier alpha value is -0.730. The first-order valence-electron chi connectivity index (χ1n) is 8.10. The zero-order chi connectivity index (χ0) is 13.8. The minimum atomic E-state index is 0.301. The molecule has 2 heterocycles. The first kappa shape index (κ1) is 14.7. The van der Waals surface area contributed by atoms with Crippen molar-refractivity contribution in [2.24, 2.45) is 17.8 Å². The van der Waals surface area contributed by atoms with Crippen LogP contribution in [0.1, 0.15) is 52.9 Å². The lowest BCUT2D eigenvalue weighted by atomic mass is 9.89. The molecule has 0 atom stereocenters. The molecule has 0 N–H and O–H groups in total. The molecule has 3 nitrogen and oxygen atoms in total. The van der Waals surface area contributed by atoms with E-state index in [4.69, 9.17) is 0 Å². The molecule has 0 bridgehead atoms. The van der Waals surface area contributed by atoms with Gasteiger partial charge < -0.3 is 9.80 Å². The SMILES string of the molecule is CC(C)CC1CCN(C(=O)N2CCC(C)CC2)CC1. The summed E-state index contributed by atoms with van der Waals surface area (Å²) in [6, 6.07) is 0.301. The Morgan fingerprint density at radius 1 is 1.00 bits per heavy atom. The third kappa shape index (κ3) is 4.12. The Morgan fingerprint density at radius 2 is 1.47 bits per heavy atom. The van der Waals surface area contributed by atoms with Gasteiger partial charge in [-0.25, -0.2) is 4.79 Å². The third-order valence-corrected chi connectivity index (χ3v) is 4.74. The molecule has 0 spiro atoms. The van der Waals surface area contributed by atoms with Gasteiger partial charge in [0, 0.05) is 26.2 Å². The Bertz CT molecular complexity index is 287. The standard InChI is InChI=1S/C16H30N2O/c1-13(2)12-15-6-10-18(11-7-15)16(19)17-8-4-14(3)5-9-17/h13-15H,4-12H2,1-3H3. The number of piperidine rings is 2. The minimum Gasteiger partial charge on any atom is -0.325 e. The maximum absolute atomic E-state index is 12.4. The topological polar surface area (TPSA) is 23.6 Å². The van der Waals surface area contributed by atoms with E-state index in [0.717, 1.165) is 43.9 Å². The van der Waals surface area contributed by atoms with Gasteiger partial charge in [-0.1, -0.05) is 20.8 Å². The summed E-state index contributed by atoms with van der Waals surface area (Å²) in [6.07, 6.45) is 6.08. The van der Waals surface area contributed by atoms with E-state index in [0.29, 0.717) is 6.03 Å². The zero-order valence-corrected chi connectivity index (χ0v) is 12.9. The molecule has 19 heavy (non-hydrogen) atoms. The van der Waals surface area contributed by atoms with Crippen LogP contribution in [0.5, 0.6) is 0 Å². The van der Waals surface area contributed by atoms with Gasteiger partial charge in [-0.05, 0) is 49.9 Å². The maximum atomic E-state index is 12.4. The molecular formula is C16H30N2O. The molecule has 0 aliphatic carbocycles. The van der Waals surface area contributed by atoms with Gasteiger partial charge in [0.05, 0.1) is 0 Å². The van der Waals surface area contributed by atoms with Crippen molar-refractivity contribution < 1.29 is 4.79 Å². The number of carbonyl (C=O) groups excluding carboxylic acids is 1. The molecule has 0 aromatic carbocycles. The quantitative estimate of drug-likeness (QED) is 0.749. The smallest absolute Gasteiger partial charge is 0.319 e. The molecule has 2 aliphatic heterocycles. The molecule has 0 radical (unpaired) electrons. The summed E-state index contributed by atoms with van der Waals surface area (Å²) < 4.78 is 0. The first-order valence-corrected chi connectivity index (χ1v) is 8.10. The Labute approximate surface area is 118 Å². The second-order valence-electron chi connectivity index (χ2n) is 7.01. The van der Waals surface area contributed by atoms with Crippen molar-refractivity contribution in [2.75, 3.05) is 26.2 Å². The highest BCUT2D eigenvalue weighted by molar-refractivity contribution is 5.74. The summed E-state index contributed by atoms with van der Waals surface area (Å²) in [5.41, 5.74) is 0. The van der Waals surface area contributed by atoms with Crippen LogP contribution in [0.2, 0.25) is 0 Å². The Kier molecular flexibility index (Phi) is 5.12. The fourth-order valence-electron chi connectivity index (χ4n) is 3.43. The van der Waals surface area contributed by atoms with Crippen LogP contribution in [0.15, 0.2) is 0 Å². The molecule has 2 rings (SSSR count). The lowest BCUT2D eigenvalue weighted by Gasteiger charge is -2.38. The maximum Gasteiger partial charge on any atom is 0.319 e. The van der Waals surface area contributed by atoms with Crippen molar-refractivity contribution in [1.29, 1.82) is 0 Å². The number of nitrogens with zero attached hydrogens (tertiary/aromatic N) is 2. The fraction of sp³-hybridized carbons (Fsp3) is 0.938. The molecule has 2 aliphatic rings. The van der Waals surface area contributed by atoms with E-state index in [9.17, 15) is 4.79 Å². The van der Waals surface area contributed by atoms with Crippen molar-refractivity contribution in [3.63, 3.8) is 0 Å². The van der Waals surface area contributed by atoms with Crippen molar-refractivity contribution in [3.05, 3.63) is 0 Å². The van der Waals surface area contributed by atoms with E-state index in [2.05, 4.69) is 30.6 Å². The van der Waals surface area contributed by atoms with Crippen LogP contribution >= 0.6 is 0 Å². The van der Waals surface area contributed by atoms with E-state index < -0.39 is 0 Å². The fourth-order valence-corrected chi connectivity index (χ4v) is 3.43. The summed E-state index contributed by atoms with van der Waals surface area (Å²) in [7, 11) is 0. The second-order valence-corrected chi connectivity index (χ2v) is 7.01. The summed E-state index contributed by atoms with van der Waals surface area (Å²) in [6.45, 7) is 10.8. The van der Waals surface area contributed by atoms with Crippen LogP contribution in [0.4, 0.5) is 4.79 Å².